The first-order chi connectivity index (χ1) is 10.1. The van der Waals surface area contributed by atoms with Crippen LogP contribution < -0.4 is 5.32 Å². The molecule has 0 bridgehead atoms. The van der Waals surface area contributed by atoms with E-state index in [-0.39, 0.29) is 0 Å². The standard InChI is InChI=1S/C17H22BrN3/c1-12-11-21(14-7-4-3-5-8-14)17(19-12)20-16-10-6-9-15(18)13(16)2/h6,9-11,14H,3-5,7-8H2,1-2H3,(H,19,20). The zero-order chi connectivity index (χ0) is 14.8. The molecule has 3 nitrogen and oxygen atoms in total. The summed E-state index contributed by atoms with van der Waals surface area (Å²) in [5, 5.41) is 3.52. The van der Waals surface area contributed by atoms with Crippen LogP contribution in [0.2, 0.25) is 0 Å². The average Bonchev–Trinajstić information content (AvgIpc) is 2.86. The number of benzene rings is 1. The van der Waals surface area contributed by atoms with Crippen LogP contribution in [0.25, 0.3) is 0 Å². The van der Waals surface area contributed by atoms with E-state index in [2.05, 4.69) is 69.0 Å². The molecule has 0 radical (unpaired) electrons. The van der Waals surface area contributed by atoms with Gasteiger partial charge in [0.1, 0.15) is 0 Å². The number of nitrogens with one attached hydrogen (secondary N) is 1. The van der Waals surface area contributed by atoms with Crippen LogP contribution in [0.15, 0.2) is 28.9 Å². The van der Waals surface area contributed by atoms with Crippen molar-refractivity contribution in [3.8, 4) is 0 Å². The van der Waals surface area contributed by atoms with Crippen molar-refractivity contribution in [3.63, 3.8) is 0 Å². The van der Waals surface area contributed by atoms with Gasteiger partial charge in [0.15, 0.2) is 0 Å². The highest BCUT2D eigenvalue weighted by molar-refractivity contribution is 9.10. The minimum absolute atomic E-state index is 0.593. The number of nitrogens with zero attached hydrogens (tertiary/aromatic N) is 2. The predicted molar refractivity (Wildman–Crippen MR) is 91.2 cm³/mol. The van der Waals surface area contributed by atoms with Gasteiger partial charge in [0, 0.05) is 22.4 Å². The molecule has 1 aliphatic carbocycles. The van der Waals surface area contributed by atoms with Crippen LogP contribution >= 0.6 is 15.9 Å². The summed E-state index contributed by atoms with van der Waals surface area (Å²) in [6, 6.07) is 6.82. The Morgan fingerprint density at radius 3 is 2.71 bits per heavy atom. The van der Waals surface area contributed by atoms with E-state index in [0.717, 1.165) is 21.8 Å². The van der Waals surface area contributed by atoms with E-state index in [9.17, 15) is 0 Å². The lowest BCUT2D eigenvalue weighted by Gasteiger charge is -2.25. The monoisotopic (exact) mass is 347 g/mol. The maximum Gasteiger partial charge on any atom is 0.207 e. The summed E-state index contributed by atoms with van der Waals surface area (Å²) in [6.45, 7) is 4.19. The molecule has 1 aliphatic rings. The molecule has 1 aromatic heterocycles. The Morgan fingerprint density at radius 1 is 1.19 bits per heavy atom. The van der Waals surface area contributed by atoms with Gasteiger partial charge in [-0.15, -0.1) is 0 Å². The van der Waals surface area contributed by atoms with Gasteiger partial charge >= 0.3 is 0 Å². The topological polar surface area (TPSA) is 29.9 Å². The molecule has 0 spiro atoms. The molecular formula is C17H22BrN3. The number of aryl methyl sites for hydroxylation is 1. The van der Waals surface area contributed by atoms with Crippen molar-refractivity contribution in [2.45, 2.75) is 52.0 Å². The smallest absolute Gasteiger partial charge is 0.207 e. The number of halogens is 1. The fourth-order valence-electron chi connectivity index (χ4n) is 3.11. The maximum atomic E-state index is 4.69. The summed E-state index contributed by atoms with van der Waals surface area (Å²) >= 11 is 3.59. The van der Waals surface area contributed by atoms with Crippen molar-refractivity contribution in [2.24, 2.45) is 0 Å². The second kappa shape index (κ2) is 6.22. The summed E-state index contributed by atoms with van der Waals surface area (Å²) in [6.07, 6.45) is 8.75. The van der Waals surface area contributed by atoms with E-state index in [0.29, 0.717) is 6.04 Å². The highest BCUT2D eigenvalue weighted by atomic mass is 79.9. The SMILES string of the molecule is Cc1cn(C2CCCCC2)c(Nc2cccc(Br)c2C)n1. The summed E-state index contributed by atoms with van der Waals surface area (Å²) in [5.41, 5.74) is 3.41. The molecule has 3 rings (SSSR count). The highest BCUT2D eigenvalue weighted by Gasteiger charge is 2.19. The summed E-state index contributed by atoms with van der Waals surface area (Å²) in [4.78, 5) is 4.69. The van der Waals surface area contributed by atoms with Gasteiger partial charge in [0.2, 0.25) is 5.95 Å². The van der Waals surface area contributed by atoms with Crippen molar-refractivity contribution in [1.82, 2.24) is 9.55 Å². The van der Waals surface area contributed by atoms with E-state index >= 15 is 0 Å². The Bertz CT molecular complexity index is 627. The first-order valence-corrected chi connectivity index (χ1v) is 8.52. The van der Waals surface area contributed by atoms with E-state index < -0.39 is 0 Å². The first kappa shape index (κ1) is 14.6. The molecule has 1 saturated carbocycles. The fraction of sp³-hybridized carbons (Fsp3) is 0.471. The van der Waals surface area contributed by atoms with E-state index in [1.807, 2.05) is 0 Å². The molecule has 0 amide bonds. The largest absolute Gasteiger partial charge is 0.325 e. The number of imidazole rings is 1. The number of hydrogen-bond acceptors (Lipinski definition) is 2. The molecule has 4 heteroatoms. The van der Waals surface area contributed by atoms with Gasteiger partial charge < -0.3 is 9.88 Å². The van der Waals surface area contributed by atoms with Gasteiger partial charge in [-0.1, -0.05) is 41.3 Å². The van der Waals surface area contributed by atoms with Crippen molar-refractivity contribution in [2.75, 3.05) is 5.32 Å². The number of rotatable bonds is 3. The first-order valence-electron chi connectivity index (χ1n) is 7.73. The Hall–Kier alpha value is -1.29. The zero-order valence-corrected chi connectivity index (χ0v) is 14.3. The van der Waals surface area contributed by atoms with E-state index in [1.165, 1.54) is 37.7 Å². The molecular weight excluding hydrogens is 326 g/mol. The van der Waals surface area contributed by atoms with Crippen molar-refractivity contribution in [3.05, 3.63) is 40.1 Å². The van der Waals surface area contributed by atoms with E-state index in [1.54, 1.807) is 0 Å². The third-order valence-corrected chi connectivity index (χ3v) is 5.19. The van der Waals surface area contributed by atoms with Crippen molar-refractivity contribution >= 4 is 27.6 Å². The van der Waals surface area contributed by atoms with Gasteiger partial charge in [-0.05, 0) is 44.4 Å². The third-order valence-electron chi connectivity index (χ3n) is 4.33. The van der Waals surface area contributed by atoms with Crippen molar-refractivity contribution < 1.29 is 0 Å². The van der Waals surface area contributed by atoms with Crippen LogP contribution in [0.1, 0.15) is 49.4 Å². The third kappa shape index (κ3) is 3.15. The lowest BCUT2D eigenvalue weighted by Crippen LogP contribution is -2.14. The second-order valence-corrected chi connectivity index (χ2v) is 6.80. The van der Waals surface area contributed by atoms with Gasteiger partial charge in [-0.3, -0.25) is 0 Å². The minimum atomic E-state index is 0.593. The van der Waals surface area contributed by atoms with Crippen LogP contribution in [-0.2, 0) is 0 Å². The molecule has 0 atom stereocenters. The molecule has 1 aromatic carbocycles. The molecule has 1 fully saturated rings. The molecule has 21 heavy (non-hydrogen) atoms. The summed E-state index contributed by atoms with van der Waals surface area (Å²) < 4.78 is 3.47. The Morgan fingerprint density at radius 2 is 1.95 bits per heavy atom. The molecule has 0 aliphatic heterocycles. The lowest BCUT2D eigenvalue weighted by atomic mass is 9.95. The normalized spacial score (nSPS) is 16.1. The van der Waals surface area contributed by atoms with Crippen molar-refractivity contribution in [1.29, 1.82) is 0 Å². The van der Waals surface area contributed by atoms with Gasteiger partial charge in [0.05, 0.1) is 5.69 Å². The fourth-order valence-corrected chi connectivity index (χ4v) is 3.48. The average molecular weight is 348 g/mol. The minimum Gasteiger partial charge on any atom is -0.325 e. The second-order valence-electron chi connectivity index (χ2n) is 5.94. The molecule has 0 saturated heterocycles. The van der Waals surface area contributed by atoms with Gasteiger partial charge in [-0.2, -0.15) is 0 Å². The molecule has 1 heterocycles. The molecule has 0 unspecified atom stereocenters. The molecule has 2 aromatic rings. The Balaban J connectivity index is 1.89. The van der Waals surface area contributed by atoms with Crippen LogP contribution in [0.3, 0.4) is 0 Å². The maximum absolute atomic E-state index is 4.69. The van der Waals surface area contributed by atoms with Gasteiger partial charge in [0.25, 0.3) is 0 Å². The lowest BCUT2D eigenvalue weighted by molar-refractivity contribution is 0.356. The van der Waals surface area contributed by atoms with Crippen LogP contribution in [0.4, 0.5) is 11.6 Å². The quantitative estimate of drug-likeness (QED) is 0.792. The molecule has 112 valence electrons. The van der Waals surface area contributed by atoms with Gasteiger partial charge in [-0.25, -0.2) is 4.98 Å². The predicted octanol–water partition coefficient (Wildman–Crippen LogP) is 5.51. The highest BCUT2D eigenvalue weighted by Crippen LogP contribution is 2.33. The summed E-state index contributed by atoms with van der Waals surface area (Å²) in [7, 11) is 0. The Kier molecular flexibility index (Phi) is 4.34. The van der Waals surface area contributed by atoms with E-state index in [4.69, 9.17) is 0 Å². The number of aromatic nitrogens is 2. The number of hydrogen-bond donors (Lipinski definition) is 1. The van der Waals surface area contributed by atoms with Crippen LogP contribution in [0, 0.1) is 13.8 Å². The summed E-state index contributed by atoms with van der Waals surface area (Å²) in [5.74, 6) is 0.973. The zero-order valence-electron chi connectivity index (χ0n) is 12.7. The van der Waals surface area contributed by atoms with Crippen LogP contribution in [0.5, 0.6) is 0 Å². The van der Waals surface area contributed by atoms with Crippen LogP contribution in [-0.4, -0.2) is 9.55 Å². The molecule has 1 N–H and O–H groups in total. The Labute approximate surface area is 134 Å². The number of anilines is 2.